The smallest absolute Gasteiger partial charge is 0.253 e. The lowest BCUT2D eigenvalue weighted by Gasteiger charge is -2.37. The van der Waals surface area contributed by atoms with Crippen molar-refractivity contribution in [1.29, 1.82) is 0 Å². The number of rotatable bonds is 6. The third-order valence-corrected chi connectivity index (χ3v) is 6.42. The lowest BCUT2D eigenvalue weighted by Crippen LogP contribution is -2.55. The number of sulfonamides is 1. The Balaban J connectivity index is 1.40. The summed E-state index contributed by atoms with van der Waals surface area (Å²) in [6.45, 7) is 7.57. The molecule has 0 aromatic heterocycles. The van der Waals surface area contributed by atoms with E-state index < -0.39 is 10.0 Å². The summed E-state index contributed by atoms with van der Waals surface area (Å²) in [7, 11) is -3.48. The molecular weight excluding hydrogens is 368 g/mol. The Morgan fingerprint density at radius 3 is 2.56 bits per heavy atom. The zero-order valence-electron chi connectivity index (χ0n) is 15.7. The second-order valence-corrected chi connectivity index (χ2v) is 8.71. The van der Waals surface area contributed by atoms with Gasteiger partial charge in [-0.2, -0.15) is 0 Å². The van der Waals surface area contributed by atoms with Crippen molar-refractivity contribution in [2.45, 2.75) is 17.9 Å². The fraction of sp³-hybridized carbons (Fsp3) is 0.611. The van der Waals surface area contributed by atoms with Crippen LogP contribution in [0.25, 0.3) is 0 Å². The number of aryl methyl sites for hydroxylation is 1. The molecule has 0 radical (unpaired) electrons. The SMILES string of the molecule is Cc1ccc(S(=O)(=O)NCCN2CCN(C(=O)C3CNCCO3)CC2)cc1. The highest BCUT2D eigenvalue weighted by atomic mass is 32.2. The van der Waals surface area contributed by atoms with Gasteiger partial charge in [-0.3, -0.25) is 9.69 Å². The number of ether oxygens (including phenoxy) is 1. The number of nitrogens with one attached hydrogen (secondary N) is 2. The largest absolute Gasteiger partial charge is 0.366 e. The quantitative estimate of drug-likeness (QED) is 0.668. The molecule has 150 valence electrons. The van der Waals surface area contributed by atoms with E-state index in [-0.39, 0.29) is 16.9 Å². The highest BCUT2D eigenvalue weighted by molar-refractivity contribution is 7.89. The van der Waals surface area contributed by atoms with Crippen molar-refractivity contribution in [2.75, 3.05) is 59.0 Å². The molecule has 3 rings (SSSR count). The molecule has 0 saturated carbocycles. The Labute approximate surface area is 160 Å². The summed E-state index contributed by atoms with van der Waals surface area (Å²) >= 11 is 0. The van der Waals surface area contributed by atoms with Crippen molar-refractivity contribution in [3.63, 3.8) is 0 Å². The average Bonchev–Trinajstić information content (AvgIpc) is 2.69. The summed E-state index contributed by atoms with van der Waals surface area (Å²) in [6.07, 6.45) is -0.383. The fourth-order valence-electron chi connectivity index (χ4n) is 3.26. The van der Waals surface area contributed by atoms with E-state index in [9.17, 15) is 13.2 Å². The highest BCUT2D eigenvalue weighted by Gasteiger charge is 2.29. The molecule has 1 atom stereocenters. The molecule has 2 fully saturated rings. The Hall–Kier alpha value is -1.52. The fourth-order valence-corrected chi connectivity index (χ4v) is 4.28. The molecule has 2 aliphatic rings. The lowest BCUT2D eigenvalue weighted by molar-refractivity contribution is -0.146. The van der Waals surface area contributed by atoms with Gasteiger partial charge in [-0.1, -0.05) is 17.7 Å². The number of hydrogen-bond donors (Lipinski definition) is 2. The summed E-state index contributed by atoms with van der Waals surface area (Å²) in [6, 6.07) is 6.81. The van der Waals surface area contributed by atoms with Crippen molar-refractivity contribution in [1.82, 2.24) is 19.8 Å². The molecule has 2 N–H and O–H groups in total. The third-order valence-electron chi connectivity index (χ3n) is 4.94. The van der Waals surface area contributed by atoms with Crippen LogP contribution < -0.4 is 10.0 Å². The van der Waals surface area contributed by atoms with Crippen LogP contribution in [0.15, 0.2) is 29.2 Å². The molecule has 1 aromatic carbocycles. The number of hydrogen-bond acceptors (Lipinski definition) is 6. The predicted octanol–water partition coefficient (Wildman–Crippen LogP) is -0.594. The molecule has 9 heteroatoms. The topological polar surface area (TPSA) is 91.0 Å². The minimum atomic E-state index is -3.48. The van der Waals surface area contributed by atoms with Crippen molar-refractivity contribution in [3.8, 4) is 0 Å². The molecule has 8 nitrogen and oxygen atoms in total. The number of piperazine rings is 1. The van der Waals surface area contributed by atoms with Crippen LogP contribution in [-0.2, 0) is 19.6 Å². The van der Waals surface area contributed by atoms with Crippen molar-refractivity contribution < 1.29 is 17.9 Å². The first kappa shape index (κ1) is 20.2. The maximum atomic E-state index is 12.4. The summed E-state index contributed by atoms with van der Waals surface area (Å²) in [4.78, 5) is 16.7. The van der Waals surface area contributed by atoms with E-state index in [1.165, 1.54) is 0 Å². The van der Waals surface area contributed by atoms with Gasteiger partial charge >= 0.3 is 0 Å². The first-order valence-corrected chi connectivity index (χ1v) is 10.8. The second-order valence-electron chi connectivity index (χ2n) is 6.94. The predicted molar refractivity (Wildman–Crippen MR) is 102 cm³/mol. The molecule has 0 spiro atoms. The van der Waals surface area contributed by atoms with Crippen LogP contribution in [0.1, 0.15) is 5.56 Å². The zero-order chi connectivity index (χ0) is 19.3. The van der Waals surface area contributed by atoms with Crippen LogP contribution in [0.5, 0.6) is 0 Å². The van der Waals surface area contributed by atoms with Gasteiger partial charge in [0, 0.05) is 52.4 Å². The molecule has 2 heterocycles. The van der Waals surface area contributed by atoms with E-state index in [2.05, 4.69) is 14.9 Å². The number of amides is 1. The molecule has 1 amide bonds. The number of carbonyl (C=O) groups excluding carboxylic acids is 1. The Morgan fingerprint density at radius 2 is 1.93 bits per heavy atom. The minimum absolute atomic E-state index is 0.0434. The van der Waals surface area contributed by atoms with E-state index >= 15 is 0 Å². The molecular formula is C18H28N4O4S. The highest BCUT2D eigenvalue weighted by Crippen LogP contribution is 2.10. The van der Waals surface area contributed by atoms with Gasteiger partial charge in [0.2, 0.25) is 10.0 Å². The number of benzene rings is 1. The molecule has 2 aliphatic heterocycles. The van der Waals surface area contributed by atoms with Gasteiger partial charge in [0.25, 0.3) is 5.91 Å². The van der Waals surface area contributed by atoms with E-state index in [0.29, 0.717) is 39.3 Å². The van der Waals surface area contributed by atoms with Gasteiger partial charge in [-0.15, -0.1) is 0 Å². The second kappa shape index (κ2) is 9.11. The van der Waals surface area contributed by atoms with E-state index in [0.717, 1.165) is 25.2 Å². The van der Waals surface area contributed by atoms with Crippen LogP contribution >= 0.6 is 0 Å². The molecule has 2 saturated heterocycles. The first-order valence-electron chi connectivity index (χ1n) is 9.35. The zero-order valence-corrected chi connectivity index (χ0v) is 16.5. The van der Waals surface area contributed by atoms with Gasteiger partial charge in [0.1, 0.15) is 6.10 Å². The Morgan fingerprint density at radius 1 is 1.22 bits per heavy atom. The monoisotopic (exact) mass is 396 g/mol. The molecule has 0 bridgehead atoms. The van der Waals surface area contributed by atoms with E-state index in [4.69, 9.17) is 4.74 Å². The standard InChI is InChI=1S/C18H28N4O4S/c1-15-2-4-16(5-3-15)27(24,25)20-6-8-21-9-11-22(12-10-21)18(23)17-14-19-7-13-26-17/h2-5,17,19-20H,6-14H2,1H3. The lowest BCUT2D eigenvalue weighted by atomic mass is 10.2. The van der Waals surface area contributed by atoms with Crippen molar-refractivity contribution in [2.24, 2.45) is 0 Å². The van der Waals surface area contributed by atoms with Gasteiger partial charge in [0.15, 0.2) is 0 Å². The van der Waals surface area contributed by atoms with Crippen LogP contribution in [0.3, 0.4) is 0 Å². The number of nitrogens with zero attached hydrogens (tertiary/aromatic N) is 2. The van der Waals surface area contributed by atoms with Crippen molar-refractivity contribution in [3.05, 3.63) is 29.8 Å². The Bertz CT molecular complexity index is 724. The van der Waals surface area contributed by atoms with E-state index in [1.54, 1.807) is 24.3 Å². The minimum Gasteiger partial charge on any atom is -0.366 e. The summed E-state index contributed by atoms with van der Waals surface area (Å²) in [5.74, 6) is 0.0434. The van der Waals surface area contributed by atoms with Gasteiger partial charge in [-0.25, -0.2) is 13.1 Å². The van der Waals surface area contributed by atoms with Crippen molar-refractivity contribution >= 4 is 15.9 Å². The normalized spacial score (nSPS) is 22.0. The summed E-state index contributed by atoms with van der Waals surface area (Å²) in [5.41, 5.74) is 1.02. The van der Waals surface area contributed by atoms with Gasteiger partial charge in [0.05, 0.1) is 11.5 Å². The van der Waals surface area contributed by atoms with Crippen LogP contribution in [0.4, 0.5) is 0 Å². The van der Waals surface area contributed by atoms with Gasteiger partial charge < -0.3 is 15.0 Å². The van der Waals surface area contributed by atoms with Crippen LogP contribution in [0, 0.1) is 6.92 Å². The van der Waals surface area contributed by atoms with Crippen LogP contribution in [-0.4, -0.2) is 89.2 Å². The van der Waals surface area contributed by atoms with Crippen LogP contribution in [0.2, 0.25) is 0 Å². The molecule has 0 aliphatic carbocycles. The first-order chi connectivity index (χ1) is 13.0. The maximum Gasteiger partial charge on any atom is 0.253 e. The summed E-state index contributed by atoms with van der Waals surface area (Å²) < 4.78 is 32.8. The van der Waals surface area contributed by atoms with Gasteiger partial charge in [-0.05, 0) is 19.1 Å². The number of morpholine rings is 1. The maximum absolute atomic E-state index is 12.4. The average molecular weight is 397 g/mol. The Kier molecular flexibility index (Phi) is 6.83. The molecule has 1 unspecified atom stereocenters. The third kappa shape index (κ3) is 5.49. The molecule has 27 heavy (non-hydrogen) atoms. The molecule has 1 aromatic rings. The summed E-state index contributed by atoms with van der Waals surface area (Å²) in [5, 5.41) is 3.17. The van der Waals surface area contributed by atoms with E-state index in [1.807, 2.05) is 11.8 Å². The number of carbonyl (C=O) groups is 1.